The van der Waals surface area contributed by atoms with Crippen LogP contribution in [-0.2, 0) is 4.79 Å². The van der Waals surface area contributed by atoms with Crippen LogP contribution in [0, 0.1) is 0 Å². The zero-order valence-electron chi connectivity index (χ0n) is 9.04. The van der Waals surface area contributed by atoms with Gasteiger partial charge >= 0.3 is 0 Å². The summed E-state index contributed by atoms with van der Waals surface area (Å²) in [5.74, 6) is 0.0398. The molecule has 1 unspecified atom stereocenters. The van der Waals surface area contributed by atoms with E-state index >= 15 is 0 Å². The van der Waals surface area contributed by atoms with Crippen LogP contribution in [-0.4, -0.2) is 42.0 Å². The highest BCUT2D eigenvalue weighted by Crippen LogP contribution is 1.97. The second-order valence-electron chi connectivity index (χ2n) is 3.27. The van der Waals surface area contributed by atoms with Gasteiger partial charge < -0.3 is 11.1 Å². The lowest BCUT2D eigenvalue weighted by atomic mass is 10.2. The smallest absolute Gasteiger partial charge is 0.237 e. The molecule has 0 saturated heterocycles. The highest BCUT2D eigenvalue weighted by molar-refractivity contribution is 7.80. The number of nitrogens with one attached hydrogen (secondary N) is 1. The van der Waals surface area contributed by atoms with Gasteiger partial charge in [-0.05, 0) is 20.9 Å². The van der Waals surface area contributed by atoms with E-state index in [4.69, 9.17) is 18.0 Å². The Labute approximate surface area is 90.8 Å². The molecule has 4 nitrogen and oxygen atoms in total. The Morgan fingerprint density at radius 1 is 1.64 bits per heavy atom. The van der Waals surface area contributed by atoms with E-state index in [-0.39, 0.29) is 11.9 Å². The SMILES string of the molecule is CCNC(=O)C(C)N(C)CCC(N)=S. The van der Waals surface area contributed by atoms with Gasteiger partial charge in [-0.15, -0.1) is 0 Å². The molecule has 1 atom stereocenters. The van der Waals surface area contributed by atoms with Gasteiger partial charge in [0.15, 0.2) is 0 Å². The molecular weight excluding hydrogens is 198 g/mol. The number of hydrogen-bond donors (Lipinski definition) is 2. The van der Waals surface area contributed by atoms with Crippen molar-refractivity contribution in [3.8, 4) is 0 Å². The maximum Gasteiger partial charge on any atom is 0.237 e. The third-order valence-corrected chi connectivity index (χ3v) is 2.31. The largest absolute Gasteiger partial charge is 0.393 e. The molecule has 0 aromatic rings. The van der Waals surface area contributed by atoms with Gasteiger partial charge in [0, 0.05) is 19.5 Å². The molecule has 0 radical (unpaired) electrons. The molecule has 0 bridgehead atoms. The van der Waals surface area contributed by atoms with Gasteiger partial charge in [0.05, 0.1) is 11.0 Å². The fourth-order valence-electron chi connectivity index (χ4n) is 1.00. The second-order valence-corrected chi connectivity index (χ2v) is 3.79. The number of carbonyl (C=O) groups is 1. The molecule has 0 saturated carbocycles. The average molecular weight is 217 g/mol. The van der Waals surface area contributed by atoms with Crippen molar-refractivity contribution in [3.05, 3.63) is 0 Å². The van der Waals surface area contributed by atoms with Crippen LogP contribution >= 0.6 is 12.2 Å². The summed E-state index contributed by atoms with van der Waals surface area (Å²) in [5.41, 5.74) is 5.38. The maximum atomic E-state index is 11.4. The summed E-state index contributed by atoms with van der Waals surface area (Å²) in [7, 11) is 1.89. The summed E-state index contributed by atoms with van der Waals surface area (Å²) in [6, 6.07) is -0.135. The van der Waals surface area contributed by atoms with Gasteiger partial charge in [0.1, 0.15) is 0 Å². The molecule has 0 aliphatic carbocycles. The van der Waals surface area contributed by atoms with E-state index in [2.05, 4.69) is 5.32 Å². The number of likely N-dealkylation sites (N-methyl/N-ethyl adjacent to an activating group) is 2. The van der Waals surface area contributed by atoms with Crippen molar-refractivity contribution in [2.75, 3.05) is 20.1 Å². The van der Waals surface area contributed by atoms with Crippen LogP contribution in [0.5, 0.6) is 0 Å². The first kappa shape index (κ1) is 13.3. The lowest BCUT2D eigenvalue weighted by Gasteiger charge is -2.23. The number of nitrogens with two attached hydrogens (primary N) is 1. The molecule has 0 aromatic carbocycles. The molecule has 14 heavy (non-hydrogen) atoms. The van der Waals surface area contributed by atoms with E-state index in [0.29, 0.717) is 24.5 Å². The average Bonchev–Trinajstić information content (AvgIpc) is 2.13. The van der Waals surface area contributed by atoms with Crippen LogP contribution in [0.4, 0.5) is 0 Å². The summed E-state index contributed by atoms with van der Waals surface area (Å²) in [6.45, 7) is 5.14. The summed E-state index contributed by atoms with van der Waals surface area (Å²) >= 11 is 4.77. The van der Waals surface area contributed by atoms with Crippen molar-refractivity contribution in [2.24, 2.45) is 5.73 Å². The third-order valence-electron chi connectivity index (χ3n) is 2.10. The van der Waals surface area contributed by atoms with Gasteiger partial charge in [-0.3, -0.25) is 9.69 Å². The molecule has 0 fully saturated rings. The monoisotopic (exact) mass is 217 g/mol. The number of thiocarbonyl (C=S) groups is 1. The molecule has 5 heteroatoms. The predicted molar refractivity (Wildman–Crippen MR) is 62.2 cm³/mol. The number of rotatable bonds is 6. The minimum atomic E-state index is -0.135. The highest BCUT2D eigenvalue weighted by Gasteiger charge is 2.16. The maximum absolute atomic E-state index is 11.4. The van der Waals surface area contributed by atoms with Crippen LogP contribution in [0.25, 0.3) is 0 Å². The van der Waals surface area contributed by atoms with E-state index in [9.17, 15) is 4.79 Å². The number of hydrogen-bond acceptors (Lipinski definition) is 3. The minimum absolute atomic E-state index is 0.0398. The summed E-state index contributed by atoms with van der Waals surface area (Å²) < 4.78 is 0. The minimum Gasteiger partial charge on any atom is -0.393 e. The number of amides is 1. The number of carbonyl (C=O) groups excluding carboxylic acids is 1. The molecule has 82 valence electrons. The zero-order chi connectivity index (χ0) is 11.1. The molecule has 1 amide bonds. The van der Waals surface area contributed by atoms with E-state index < -0.39 is 0 Å². The third kappa shape index (κ3) is 5.14. The first-order valence-electron chi connectivity index (χ1n) is 4.75. The van der Waals surface area contributed by atoms with Crippen molar-refractivity contribution >= 4 is 23.1 Å². The van der Waals surface area contributed by atoms with Crippen LogP contribution in [0.15, 0.2) is 0 Å². The Morgan fingerprint density at radius 3 is 2.64 bits per heavy atom. The van der Waals surface area contributed by atoms with Gasteiger partial charge in [-0.1, -0.05) is 12.2 Å². The van der Waals surface area contributed by atoms with Crippen molar-refractivity contribution in [2.45, 2.75) is 26.3 Å². The van der Waals surface area contributed by atoms with Gasteiger partial charge in [0.2, 0.25) is 5.91 Å². The fourth-order valence-corrected chi connectivity index (χ4v) is 1.09. The Kier molecular flexibility index (Phi) is 6.40. The summed E-state index contributed by atoms with van der Waals surface area (Å²) in [5, 5.41) is 2.77. The van der Waals surface area contributed by atoms with Crippen LogP contribution < -0.4 is 11.1 Å². The standard InChI is InChI=1S/C9H19N3OS/c1-4-11-9(13)7(2)12(3)6-5-8(10)14/h7H,4-6H2,1-3H3,(H2,10,14)(H,11,13). The van der Waals surface area contributed by atoms with E-state index in [1.165, 1.54) is 0 Å². The van der Waals surface area contributed by atoms with Crippen LogP contribution in [0.1, 0.15) is 20.3 Å². The number of nitrogens with zero attached hydrogens (tertiary/aromatic N) is 1. The normalized spacial score (nSPS) is 12.6. The molecule has 0 aliphatic heterocycles. The van der Waals surface area contributed by atoms with Crippen molar-refractivity contribution < 1.29 is 4.79 Å². The lowest BCUT2D eigenvalue weighted by molar-refractivity contribution is -0.125. The van der Waals surface area contributed by atoms with Crippen molar-refractivity contribution in [1.82, 2.24) is 10.2 Å². The van der Waals surface area contributed by atoms with Crippen molar-refractivity contribution in [1.29, 1.82) is 0 Å². The summed E-state index contributed by atoms with van der Waals surface area (Å²) in [6.07, 6.45) is 0.648. The summed E-state index contributed by atoms with van der Waals surface area (Å²) in [4.78, 5) is 13.8. The molecular formula is C9H19N3OS. The zero-order valence-corrected chi connectivity index (χ0v) is 9.86. The molecule has 0 aliphatic rings. The quantitative estimate of drug-likeness (QED) is 0.620. The van der Waals surface area contributed by atoms with Crippen LogP contribution in [0.2, 0.25) is 0 Å². The topological polar surface area (TPSA) is 58.4 Å². The van der Waals surface area contributed by atoms with Gasteiger partial charge in [0.25, 0.3) is 0 Å². The molecule has 0 heterocycles. The van der Waals surface area contributed by atoms with E-state index in [1.807, 2.05) is 25.8 Å². The Bertz CT molecular complexity index is 208. The first-order valence-corrected chi connectivity index (χ1v) is 5.16. The van der Waals surface area contributed by atoms with Crippen molar-refractivity contribution in [3.63, 3.8) is 0 Å². The Morgan fingerprint density at radius 2 is 2.21 bits per heavy atom. The molecule has 0 rings (SSSR count). The molecule has 0 aromatic heterocycles. The van der Waals surface area contributed by atoms with Crippen LogP contribution in [0.3, 0.4) is 0 Å². The Balaban J connectivity index is 3.91. The predicted octanol–water partition coefficient (Wildman–Crippen LogP) is 0.119. The van der Waals surface area contributed by atoms with E-state index in [1.54, 1.807) is 0 Å². The Hall–Kier alpha value is -0.680. The van der Waals surface area contributed by atoms with Gasteiger partial charge in [-0.2, -0.15) is 0 Å². The second kappa shape index (κ2) is 6.73. The van der Waals surface area contributed by atoms with E-state index in [0.717, 1.165) is 0 Å². The lowest BCUT2D eigenvalue weighted by Crippen LogP contribution is -2.44. The molecule has 0 spiro atoms. The molecule has 3 N–H and O–H groups in total. The van der Waals surface area contributed by atoms with Gasteiger partial charge in [-0.25, -0.2) is 0 Å². The first-order chi connectivity index (χ1) is 6.49. The highest BCUT2D eigenvalue weighted by atomic mass is 32.1. The fraction of sp³-hybridized carbons (Fsp3) is 0.778.